The number of carbonyl (C=O) groups is 1. The van der Waals surface area contributed by atoms with Crippen molar-refractivity contribution >= 4 is 5.91 Å². The maximum atomic E-state index is 12.2. The summed E-state index contributed by atoms with van der Waals surface area (Å²) in [5.74, 6) is 0.432. The van der Waals surface area contributed by atoms with Crippen LogP contribution in [-0.4, -0.2) is 30.1 Å². The molecule has 10 heavy (non-hydrogen) atoms. The molecule has 2 rings (SSSR count). The fourth-order valence-electron chi connectivity index (χ4n) is 1.19. The quantitative estimate of drug-likeness (QED) is 0.525. The zero-order valence-corrected chi connectivity index (χ0v) is 5.72. The van der Waals surface area contributed by atoms with E-state index in [2.05, 4.69) is 0 Å². The smallest absolute Gasteiger partial charge is 0.225 e. The maximum absolute atomic E-state index is 12.2. The zero-order chi connectivity index (χ0) is 7.14. The predicted octanol–water partition coefficient (Wildman–Crippen LogP) is 0.577. The fraction of sp³-hybridized carbons (Fsp3) is 0.857. The van der Waals surface area contributed by atoms with Crippen molar-refractivity contribution in [1.82, 2.24) is 4.90 Å². The van der Waals surface area contributed by atoms with Gasteiger partial charge in [0.25, 0.3) is 0 Å². The van der Waals surface area contributed by atoms with Gasteiger partial charge >= 0.3 is 0 Å². The molecule has 0 atom stereocenters. The number of nitrogens with zero attached hydrogens (tertiary/aromatic N) is 1. The number of hydrogen-bond acceptors (Lipinski definition) is 1. The lowest BCUT2D eigenvalue weighted by atomic mass is 10.1. The number of halogens is 1. The highest BCUT2D eigenvalue weighted by Crippen LogP contribution is 2.32. The molecular formula is C7H10FNO. The van der Waals surface area contributed by atoms with Gasteiger partial charge in [0, 0.05) is 5.92 Å². The van der Waals surface area contributed by atoms with Gasteiger partial charge in [-0.2, -0.15) is 0 Å². The maximum Gasteiger partial charge on any atom is 0.225 e. The van der Waals surface area contributed by atoms with Gasteiger partial charge in [0.15, 0.2) is 0 Å². The first-order valence-corrected chi connectivity index (χ1v) is 3.70. The number of carbonyl (C=O) groups excluding carboxylic acids is 1. The number of rotatable bonds is 1. The lowest BCUT2D eigenvalue weighted by Crippen LogP contribution is -2.52. The lowest BCUT2D eigenvalue weighted by molar-refractivity contribution is -0.139. The highest BCUT2D eigenvalue weighted by Gasteiger charge is 2.38. The van der Waals surface area contributed by atoms with Gasteiger partial charge in [-0.1, -0.05) is 0 Å². The molecule has 1 saturated carbocycles. The van der Waals surface area contributed by atoms with Gasteiger partial charge in [-0.15, -0.1) is 0 Å². The molecule has 0 radical (unpaired) electrons. The molecule has 1 heterocycles. The standard InChI is InChI=1S/C7H10FNO/c8-6-3-9(4-6)7(10)5-1-2-5/h5-6H,1-4H2. The van der Waals surface area contributed by atoms with Crippen molar-refractivity contribution in [3.63, 3.8) is 0 Å². The molecular weight excluding hydrogens is 133 g/mol. The molecule has 2 aliphatic rings. The Hall–Kier alpha value is -0.600. The van der Waals surface area contributed by atoms with Gasteiger partial charge in [-0.3, -0.25) is 4.79 Å². The summed E-state index contributed by atoms with van der Waals surface area (Å²) in [6.45, 7) is 0.685. The van der Waals surface area contributed by atoms with Crippen LogP contribution >= 0.6 is 0 Å². The van der Waals surface area contributed by atoms with E-state index in [4.69, 9.17) is 0 Å². The van der Waals surface area contributed by atoms with Gasteiger partial charge < -0.3 is 4.90 Å². The van der Waals surface area contributed by atoms with Crippen LogP contribution in [0.15, 0.2) is 0 Å². The summed E-state index contributed by atoms with van der Waals surface area (Å²) >= 11 is 0. The molecule has 0 spiro atoms. The average molecular weight is 143 g/mol. The molecule has 2 fully saturated rings. The number of likely N-dealkylation sites (tertiary alicyclic amines) is 1. The third-order valence-electron chi connectivity index (χ3n) is 2.08. The van der Waals surface area contributed by atoms with E-state index in [0.717, 1.165) is 12.8 Å². The highest BCUT2D eigenvalue weighted by atomic mass is 19.1. The molecule has 0 N–H and O–H groups in total. The van der Waals surface area contributed by atoms with E-state index >= 15 is 0 Å². The van der Waals surface area contributed by atoms with Gasteiger partial charge in [0.2, 0.25) is 5.91 Å². The van der Waals surface area contributed by atoms with Gasteiger partial charge in [0.1, 0.15) is 6.17 Å². The van der Waals surface area contributed by atoms with E-state index in [1.807, 2.05) is 0 Å². The molecule has 0 aromatic rings. The summed E-state index contributed by atoms with van der Waals surface area (Å²) in [5, 5.41) is 0. The van der Waals surface area contributed by atoms with Crippen molar-refractivity contribution in [1.29, 1.82) is 0 Å². The van der Waals surface area contributed by atoms with Crippen molar-refractivity contribution < 1.29 is 9.18 Å². The molecule has 56 valence electrons. The average Bonchev–Trinajstić information content (AvgIpc) is 2.60. The lowest BCUT2D eigenvalue weighted by Gasteiger charge is -2.34. The molecule has 0 bridgehead atoms. The fourth-order valence-corrected chi connectivity index (χ4v) is 1.19. The summed E-state index contributed by atoms with van der Waals surface area (Å²) in [6, 6.07) is 0. The van der Waals surface area contributed by atoms with E-state index in [-0.39, 0.29) is 11.8 Å². The topological polar surface area (TPSA) is 20.3 Å². The van der Waals surface area contributed by atoms with E-state index in [1.54, 1.807) is 4.90 Å². The molecule has 1 saturated heterocycles. The molecule has 1 amide bonds. The number of hydrogen-bond donors (Lipinski definition) is 0. The van der Waals surface area contributed by atoms with Crippen LogP contribution in [0.2, 0.25) is 0 Å². The van der Waals surface area contributed by atoms with Crippen molar-refractivity contribution in [2.24, 2.45) is 5.92 Å². The molecule has 0 aromatic heterocycles. The highest BCUT2D eigenvalue weighted by molar-refractivity contribution is 5.81. The van der Waals surface area contributed by atoms with Crippen LogP contribution in [0.25, 0.3) is 0 Å². The second kappa shape index (κ2) is 1.94. The molecule has 0 unspecified atom stereocenters. The first-order valence-electron chi connectivity index (χ1n) is 3.70. The van der Waals surface area contributed by atoms with Crippen LogP contribution in [0.1, 0.15) is 12.8 Å². The predicted molar refractivity (Wildman–Crippen MR) is 34.2 cm³/mol. The van der Waals surface area contributed by atoms with Crippen molar-refractivity contribution in [3.05, 3.63) is 0 Å². The third-order valence-corrected chi connectivity index (χ3v) is 2.08. The Labute approximate surface area is 59.0 Å². The Bertz CT molecular complexity index is 161. The molecule has 2 nitrogen and oxygen atoms in total. The Morgan fingerprint density at radius 2 is 2.00 bits per heavy atom. The van der Waals surface area contributed by atoms with Crippen LogP contribution in [-0.2, 0) is 4.79 Å². The minimum atomic E-state index is -0.747. The largest absolute Gasteiger partial charge is 0.336 e. The Morgan fingerprint density at radius 1 is 1.40 bits per heavy atom. The summed E-state index contributed by atoms with van der Waals surface area (Å²) in [7, 11) is 0. The van der Waals surface area contributed by atoms with Gasteiger partial charge in [0.05, 0.1) is 13.1 Å². The van der Waals surface area contributed by atoms with Crippen LogP contribution in [0.5, 0.6) is 0 Å². The van der Waals surface area contributed by atoms with E-state index in [1.165, 1.54) is 0 Å². The first kappa shape index (κ1) is 6.13. The zero-order valence-electron chi connectivity index (χ0n) is 5.72. The molecule has 3 heteroatoms. The molecule has 0 aromatic carbocycles. The summed E-state index contributed by atoms with van der Waals surface area (Å²) in [6.07, 6.45) is 1.29. The molecule has 1 aliphatic carbocycles. The van der Waals surface area contributed by atoms with Crippen LogP contribution in [0.3, 0.4) is 0 Å². The van der Waals surface area contributed by atoms with Crippen LogP contribution < -0.4 is 0 Å². The monoisotopic (exact) mass is 143 g/mol. The minimum Gasteiger partial charge on any atom is -0.336 e. The minimum absolute atomic E-state index is 0.175. The SMILES string of the molecule is O=C(C1CC1)N1CC(F)C1. The van der Waals surface area contributed by atoms with Gasteiger partial charge in [-0.05, 0) is 12.8 Å². The van der Waals surface area contributed by atoms with Gasteiger partial charge in [-0.25, -0.2) is 4.39 Å². The molecule has 1 aliphatic heterocycles. The normalized spacial score (nSPS) is 26.3. The first-order chi connectivity index (χ1) is 4.77. The van der Waals surface area contributed by atoms with Crippen molar-refractivity contribution in [2.45, 2.75) is 19.0 Å². The second-order valence-corrected chi connectivity index (χ2v) is 3.11. The van der Waals surface area contributed by atoms with E-state index in [9.17, 15) is 9.18 Å². The second-order valence-electron chi connectivity index (χ2n) is 3.11. The summed E-state index contributed by atoms with van der Waals surface area (Å²) in [4.78, 5) is 12.7. The van der Waals surface area contributed by atoms with Crippen LogP contribution in [0, 0.1) is 5.92 Å². The summed E-state index contributed by atoms with van der Waals surface area (Å²) < 4.78 is 12.2. The Morgan fingerprint density at radius 3 is 2.40 bits per heavy atom. The third kappa shape index (κ3) is 0.895. The number of amides is 1. The van der Waals surface area contributed by atoms with E-state index < -0.39 is 6.17 Å². The van der Waals surface area contributed by atoms with Crippen molar-refractivity contribution in [3.8, 4) is 0 Å². The van der Waals surface area contributed by atoms with E-state index in [0.29, 0.717) is 13.1 Å². The summed E-state index contributed by atoms with van der Waals surface area (Å²) in [5.41, 5.74) is 0. The number of alkyl halides is 1. The van der Waals surface area contributed by atoms with Crippen LogP contribution in [0.4, 0.5) is 4.39 Å². The van der Waals surface area contributed by atoms with Crippen molar-refractivity contribution in [2.75, 3.05) is 13.1 Å². The Balaban J connectivity index is 1.83. The Kier molecular flexibility index (Phi) is 1.19.